The van der Waals surface area contributed by atoms with Crippen molar-refractivity contribution in [2.45, 2.75) is 46.0 Å². The maximum Gasteiger partial charge on any atom is 0.358 e. The van der Waals surface area contributed by atoms with Crippen molar-refractivity contribution in [3.63, 3.8) is 0 Å². The van der Waals surface area contributed by atoms with Crippen LogP contribution in [0.15, 0.2) is 6.20 Å². The zero-order valence-corrected chi connectivity index (χ0v) is 11.1. The van der Waals surface area contributed by atoms with Crippen LogP contribution in [0.5, 0.6) is 5.75 Å². The van der Waals surface area contributed by atoms with Gasteiger partial charge in [-0.25, -0.2) is 14.8 Å². The molecule has 1 heterocycles. The molecule has 1 rings (SSSR count). The van der Waals surface area contributed by atoms with Gasteiger partial charge in [-0.15, -0.1) is 0 Å². The van der Waals surface area contributed by atoms with E-state index in [1.165, 1.54) is 6.20 Å². The van der Waals surface area contributed by atoms with E-state index in [9.17, 15) is 4.79 Å². The first-order valence-electron chi connectivity index (χ1n) is 6.29. The number of carboxylic acids is 1. The molecule has 0 fully saturated rings. The Hall–Kier alpha value is -1.65. The van der Waals surface area contributed by atoms with E-state index in [1.807, 2.05) is 13.8 Å². The van der Waals surface area contributed by atoms with E-state index in [4.69, 9.17) is 9.84 Å². The van der Waals surface area contributed by atoms with Crippen molar-refractivity contribution >= 4 is 5.97 Å². The van der Waals surface area contributed by atoms with Gasteiger partial charge in [-0.05, 0) is 6.42 Å². The lowest BCUT2D eigenvalue weighted by atomic mass is 10.2. The summed E-state index contributed by atoms with van der Waals surface area (Å²) in [6, 6.07) is 0. The molecule has 0 radical (unpaired) electrons. The summed E-state index contributed by atoms with van der Waals surface area (Å²) < 4.78 is 5.43. The third kappa shape index (κ3) is 3.98. The lowest BCUT2D eigenvalue weighted by Gasteiger charge is -2.10. The highest BCUT2D eigenvalue weighted by atomic mass is 16.5. The van der Waals surface area contributed by atoms with Crippen LogP contribution >= 0.6 is 0 Å². The van der Waals surface area contributed by atoms with Crippen LogP contribution in [0.1, 0.15) is 62.3 Å². The van der Waals surface area contributed by atoms with Gasteiger partial charge in [0.25, 0.3) is 0 Å². The van der Waals surface area contributed by atoms with Crippen LogP contribution in [-0.2, 0) is 0 Å². The minimum Gasteiger partial charge on any atom is -0.489 e. The lowest BCUT2D eigenvalue weighted by molar-refractivity contribution is 0.0684. The molecule has 0 saturated carbocycles. The Morgan fingerprint density at radius 3 is 2.72 bits per heavy atom. The molecule has 0 saturated heterocycles. The average Bonchev–Trinajstić information content (AvgIpc) is 2.34. The van der Waals surface area contributed by atoms with Crippen molar-refractivity contribution in [3.8, 4) is 5.75 Å². The SMILES string of the molecule is CCCCCOc1cnc(C(C)C)nc1C(=O)O. The second kappa shape index (κ2) is 6.93. The van der Waals surface area contributed by atoms with Gasteiger partial charge in [0.15, 0.2) is 11.4 Å². The summed E-state index contributed by atoms with van der Waals surface area (Å²) in [7, 11) is 0. The molecule has 0 aliphatic rings. The molecule has 1 aromatic heterocycles. The highest BCUT2D eigenvalue weighted by Gasteiger charge is 2.16. The van der Waals surface area contributed by atoms with Crippen LogP contribution in [0.3, 0.4) is 0 Å². The van der Waals surface area contributed by atoms with Crippen molar-refractivity contribution in [2.75, 3.05) is 6.61 Å². The smallest absolute Gasteiger partial charge is 0.358 e. The van der Waals surface area contributed by atoms with Crippen molar-refractivity contribution in [3.05, 3.63) is 17.7 Å². The number of carbonyl (C=O) groups is 1. The zero-order chi connectivity index (χ0) is 13.5. The molecular weight excluding hydrogens is 232 g/mol. The lowest BCUT2D eigenvalue weighted by Crippen LogP contribution is -2.10. The fourth-order valence-electron chi connectivity index (χ4n) is 1.46. The molecule has 100 valence electrons. The fraction of sp³-hybridized carbons (Fsp3) is 0.615. The van der Waals surface area contributed by atoms with Crippen LogP contribution in [0.2, 0.25) is 0 Å². The Kier molecular flexibility index (Phi) is 5.55. The van der Waals surface area contributed by atoms with Crippen LogP contribution in [-0.4, -0.2) is 27.7 Å². The molecule has 0 atom stereocenters. The molecule has 1 N–H and O–H groups in total. The van der Waals surface area contributed by atoms with E-state index in [0.717, 1.165) is 19.3 Å². The van der Waals surface area contributed by atoms with Crippen molar-refractivity contribution < 1.29 is 14.6 Å². The molecule has 0 bridgehead atoms. The van der Waals surface area contributed by atoms with Gasteiger partial charge in [0, 0.05) is 5.92 Å². The Morgan fingerprint density at radius 1 is 1.44 bits per heavy atom. The van der Waals surface area contributed by atoms with Gasteiger partial charge in [0.1, 0.15) is 5.82 Å². The second-order valence-electron chi connectivity index (χ2n) is 4.46. The summed E-state index contributed by atoms with van der Waals surface area (Å²) in [5, 5.41) is 9.10. The molecule has 1 aromatic rings. The Morgan fingerprint density at radius 2 is 2.17 bits per heavy atom. The summed E-state index contributed by atoms with van der Waals surface area (Å²) in [5.41, 5.74) is -0.0507. The number of hydrogen-bond donors (Lipinski definition) is 1. The third-order valence-corrected chi connectivity index (χ3v) is 2.50. The van der Waals surface area contributed by atoms with Gasteiger partial charge in [-0.1, -0.05) is 33.6 Å². The van der Waals surface area contributed by atoms with E-state index < -0.39 is 5.97 Å². The number of carboxylic acid groups (broad SMARTS) is 1. The van der Waals surface area contributed by atoms with Gasteiger partial charge in [0.05, 0.1) is 12.8 Å². The first-order chi connectivity index (χ1) is 8.56. The van der Waals surface area contributed by atoms with Gasteiger partial charge in [0.2, 0.25) is 0 Å². The van der Waals surface area contributed by atoms with E-state index in [1.54, 1.807) is 0 Å². The predicted molar refractivity (Wildman–Crippen MR) is 68.1 cm³/mol. The first kappa shape index (κ1) is 14.4. The molecule has 0 aliphatic heterocycles. The normalized spacial score (nSPS) is 10.7. The maximum absolute atomic E-state index is 11.1. The van der Waals surface area contributed by atoms with Crippen molar-refractivity contribution in [1.82, 2.24) is 9.97 Å². The number of nitrogens with zero attached hydrogens (tertiary/aromatic N) is 2. The number of aromatic nitrogens is 2. The molecule has 0 aliphatic carbocycles. The molecule has 5 heteroatoms. The third-order valence-electron chi connectivity index (χ3n) is 2.50. The van der Waals surface area contributed by atoms with Crippen molar-refractivity contribution in [2.24, 2.45) is 0 Å². The van der Waals surface area contributed by atoms with Crippen LogP contribution in [0, 0.1) is 0 Å². The minimum atomic E-state index is -1.08. The standard InChI is InChI=1S/C13H20N2O3/c1-4-5-6-7-18-10-8-14-12(9(2)3)15-11(10)13(16)17/h8-9H,4-7H2,1-3H3,(H,16,17). The first-order valence-corrected chi connectivity index (χ1v) is 6.29. The van der Waals surface area contributed by atoms with Gasteiger partial charge < -0.3 is 9.84 Å². The minimum absolute atomic E-state index is 0.0507. The number of aromatic carboxylic acids is 1. The van der Waals surface area contributed by atoms with Crippen molar-refractivity contribution in [1.29, 1.82) is 0 Å². The summed E-state index contributed by atoms with van der Waals surface area (Å²) in [5.74, 6) is -0.210. The maximum atomic E-state index is 11.1. The highest BCUT2D eigenvalue weighted by molar-refractivity contribution is 5.88. The largest absolute Gasteiger partial charge is 0.489 e. The topological polar surface area (TPSA) is 72.3 Å². The summed E-state index contributed by atoms with van der Waals surface area (Å²) in [6.45, 7) is 6.44. The van der Waals surface area contributed by atoms with E-state index >= 15 is 0 Å². The number of hydrogen-bond acceptors (Lipinski definition) is 4. The van der Waals surface area contributed by atoms with Gasteiger partial charge in [-0.3, -0.25) is 0 Å². The quantitative estimate of drug-likeness (QED) is 0.755. The van der Waals surface area contributed by atoms with Gasteiger partial charge in [-0.2, -0.15) is 0 Å². The Bertz CT molecular complexity index is 405. The fourth-order valence-corrected chi connectivity index (χ4v) is 1.46. The van der Waals surface area contributed by atoms with Crippen LogP contribution in [0.4, 0.5) is 0 Å². The van der Waals surface area contributed by atoms with E-state index in [-0.39, 0.29) is 17.4 Å². The number of rotatable bonds is 7. The number of unbranched alkanes of at least 4 members (excludes halogenated alkanes) is 2. The second-order valence-corrected chi connectivity index (χ2v) is 4.46. The number of ether oxygens (including phenoxy) is 1. The molecule has 0 amide bonds. The summed E-state index contributed by atoms with van der Waals surface area (Å²) >= 11 is 0. The molecular formula is C13H20N2O3. The zero-order valence-electron chi connectivity index (χ0n) is 11.1. The molecule has 0 spiro atoms. The Labute approximate surface area is 107 Å². The van der Waals surface area contributed by atoms with E-state index in [0.29, 0.717) is 12.4 Å². The summed E-state index contributed by atoms with van der Waals surface area (Å²) in [4.78, 5) is 19.3. The highest BCUT2D eigenvalue weighted by Crippen LogP contribution is 2.18. The predicted octanol–water partition coefficient (Wildman–Crippen LogP) is 2.87. The average molecular weight is 252 g/mol. The monoisotopic (exact) mass is 252 g/mol. The van der Waals surface area contributed by atoms with Crippen LogP contribution in [0.25, 0.3) is 0 Å². The molecule has 0 unspecified atom stereocenters. The molecule has 5 nitrogen and oxygen atoms in total. The van der Waals surface area contributed by atoms with Crippen LogP contribution < -0.4 is 4.74 Å². The Balaban J connectivity index is 2.80. The molecule has 0 aromatic carbocycles. The van der Waals surface area contributed by atoms with Gasteiger partial charge >= 0.3 is 5.97 Å². The van der Waals surface area contributed by atoms with E-state index in [2.05, 4.69) is 16.9 Å². The summed E-state index contributed by atoms with van der Waals surface area (Å²) in [6.07, 6.45) is 4.52. The molecule has 18 heavy (non-hydrogen) atoms.